The van der Waals surface area contributed by atoms with Crippen molar-refractivity contribution in [2.75, 3.05) is 31.1 Å². The zero-order chi connectivity index (χ0) is 35.7. The van der Waals surface area contributed by atoms with Gasteiger partial charge in [0.15, 0.2) is 11.6 Å². The van der Waals surface area contributed by atoms with Gasteiger partial charge in [-0.25, -0.2) is 27.6 Å². The number of nitrogens with zero attached hydrogens (tertiary/aromatic N) is 4. The number of fused-ring (bicyclic) bond motifs is 2. The van der Waals surface area contributed by atoms with Crippen LogP contribution in [-0.2, 0) is 17.8 Å². The summed E-state index contributed by atoms with van der Waals surface area (Å²) in [6, 6.07) is 4.29. The zero-order valence-electron chi connectivity index (χ0n) is 27.0. The lowest BCUT2D eigenvalue weighted by molar-refractivity contribution is 0.0240. The Morgan fingerprint density at radius 2 is 1.17 bits per heavy atom. The van der Waals surface area contributed by atoms with Crippen LogP contribution in [-0.4, -0.2) is 74.1 Å². The second-order valence-corrected chi connectivity index (χ2v) is 12.0. The molecule has 1 amide bonds. The topological polar surface area (TPSA) is 151 Å². The van der Waals surface area contributed by atoms with E-state index in [9.17, 15) is 42.3 Å². The first-order valence-corrected chi connectivity index (χ1v) is 15.1. The lowest BCUT2D eigenvalue weighted by atomic mass is 10.1. The molecule has 5 rings (SSSR count). The number of hydrogen-bond donors (Lipinski definition) is 2. The van der Waals surface area contributed by atoms with Crippen molar-refractivity contribution in [3.8, 4) is 0 Å². The maximum atomic E-state index is 14.9. The number of carboxylic acid groups (broad SMARTS) is 2. The molecule has 0 radical (unpaired) electrons. The number of carbonyl (C=O) groups is 3. The maximum absolute atomic E-state index is 14.9. The lowest BCUT2D eigenvalue weighted by Gasteiger charge is -2.37. The zero-order valence-corrected chi connectivity index (χ0v) is 27.0. The Labute approximate surface area is 272 Å². The molecule has 15 heteroatoms. The quantitative estimate of drug-likeness (QED) is 0.301. The Morgan fingerprint density at radius 3 is 1.60 bits per heavy atom. The molecule has 1 aliphatic heterocycles. The average Bonchev–Trinajstić information content (AvgIpc) is 3.01. The van der Waals surface area contributed by atoms with Gasteiger partial charge in [-0.1, -0.05) is 0 Å². The third-order valence-corrected chi connectivity index (χ3v) is 7.69. The van der Waals surface area contributed by atoms with Gasteiger partial charge in [-0.15, -0.1) is 0 Å². The molecular weight excluding hydrogens is 637 g/mol. The third-order valence-electron chi connectivity index (χ3n) is 7.69. The van der Waals surface area contributed by atoms with Crippen LogP contribution in [0.4, 0.5) is 23.7 Å². The first-order valence-electron chi connectivity index (χ1n) is 15.1. The molecule has 3 heterocycles. The van der Waals surface area contributed by atoms with E-state index in [1.165, 1.54) is 10.8 Å². The highest BCUT2D eigenvalue weighted by atomic mass is 19.2. The van der Waals surface area contributed by atoms with E-state index in [4.69, 9.17) is 9.84 Å². The van der Waals surface area contributed by atoms with Crippen LogP contribution in [0.1, 0.15) is 55.3 Å². The minimum atomic E-state index is -1.39. The van der Waals surface area contributed by atoms with Crippen LogP contribution >= 0.6 is 0 Å². The smallest absolute Gasteiger partial charge is 0.410 e. The van der Waals surface area contributed by atoms with Crippen molar-refractivity contribution in [1.29, 1.82) is 0 Å². The third kappa shape index (κ3) is 7.29. The number of aromatic nitrogens is 2. The van der Waals surface area contributed by atoms with Gasteiger partial charge in [0.05, 0.1) is 16.7 Å². The van der Waals surface area contributed by atoms with Gasteiger partial charge in [0.2, 0.25) is 10.9 Å². The number of piperazine rings is 1. The predicted molar refractivity (Wildman–Crippen MR) is 172 cm³/mol. The highest BCUT2D eigenvalue weighted by molar-refractivity contribution is 5.94. The van der Waals surface area contributed by atoms with E-state index in [2.05, 4.69) is 0 Å². The van der Waals surface area contributed by atoms with Gasteiger partial charge in [-0.2, -0.15) is 0 Å². The van der Waals surface area contributed by atoms with Crippen LogP contribution < -0.4 is 15.8 Å². The molecule has 0 aliphatic carbocycles. The number of carboxylic acids is 2. The number of anilines is 1. The Morgan fingerprint density at radius 1 is 0.729 bits per heavy atom. The van der Waals surface area contributed by atoms with Crippen LogP contribution in [0, 0.1) is 17.5 Å². The first kappa shape index (κ1) is 35.5. The number of rotatable bonds is 5. The molecule has 256 valence electrons. The Bertz CT molecular complexity index is 2040. The second-order valence-electron chi connectivity index (χ2n) is 12.0. The number of halogens is 3. The molecule has 0 bridgehead atoms. The Balaban J connectivity index is 0.000000246. The molecule has 4 aromatic rings. The fourth-order valence-corrected chi connectivity index (χ4v) is 5.31. The summed E-state index contributed by atoms with van der Waals surface area (Å²) in [6.45, 7) is 11.3. The van der Waals surface area contributed by atoms with Gasteiger partial charge >= 0.3 is 18.0 Å². The molecule has 2 N–H and O–H groups in total. The van der Waals surface area contributed by atoms with E-state index < -0.39 is 57.5 Å². The van der Waals surface area contributed by atoms with Gasteiger partial charge in [-0.05, 0) is 52.8 Å². The summed E-state index contributed by atoms with van der Waals surface area (Å²) in [6.07, 6.45) is 2.02. The molecule has 48 heavy (non-hydrogen) atoms. The molecule has 0 unspecified atom stereocenters. The monoisotopic (exact) mass is 672 g/mol. The van der Waals surface area contributed by atoms with Crippen molar-refractivity contribution in [2.24, 2.45) is 0 Å². The number of benzene rings is 2. The minimum Gasteiger partial charge on any atom is -0.477 e. The van der Waals surface area contributed by atoms with Crippen LogP contribution in [0.15, 0.2) is 46.2 Å². The molecule has 0 atom stereocenters. The molecule has 2 aromatic carbocycles. The summed E-state index contributed by atoms with van der Waals surface area (Å²) in [5, 5.41) is 18.0. The summed E-state index contributed by atoms with van der Waals surface area (Å²) in [5.41, 5.74) is -2.00. The van der Waals surface area contributed by atoms with E-state index >= 15 is 0 Å². The Hall–Kier alpha value is -5.34. The fourth-order valence-electron chi connectivity index (χ4n) is 5.31. The summed E-state index contributed by atoms with van der Waals surface area (Å²) < 4.78 is 49.6. The molecule has 0 spiro atoms. The van der Waals surface area contributed by atoms with Gasteiger partial charge in [0.25, 0.3) is 0 Å². The van der Waals surface area contributed by atoms with E-state index in [1.807, 2.05) is 11.8 Å². The van der Waals surface area contributed by atoms with Crippen molar-refractivity contribution < 1.29 is 42.5 Å². The molecular formula is C33H35F3N4O8. The van der Waals surface area contributed by atoms with Crippen LogP contribution in [0.5, 0.6) is 0 Å². The number of pyridine rings is 2. The summed E-state index contributed by atoms with van der Waals surface area (Å²) in [7, 11) is 0. The minimum absolute atomic E-state index is 0.0328. The van der Waals surface area contributed by atoms with Crippen molar-refractivity contribution in [3.63, 3.8) is 0 Å². The number of carbonyl (C=O) groups excluding carboxylic acids is 1. The van der Waals surface area contributed by atoms with E-state index in [-0.39, 0.29) is 21.9 Å². The standard InChI is InChI=1S/C21H26FN3O5.C12H9F2NO3/c1-5-23-12-14(19(27)28)18(26)13-10-15(22)17(11-16(13)23)24-6-8-25(9-7-24)20(29)30-21(2,3)4;1-2-15-5-7(12(17)18)11(16)6-3-8(13)9(14)4-10(6)15/h10-12H,5-9H2,1-4H3,(H,27,28);3-5H,2H2,1H3,(H,17,18). The van der Waals surface area contributed by atoms with Gasteiger partial charge < -0.3 is 33.9 Å². The van der Waals surface area contributed by atoms with Crippen LogP contribution in [0.25, 0.3) is 21.8 Å². The molecule has 1 fully saturated rings. The number of aryl methyl sites for hydroxylation is 2. The molecule has 2 aromatic heterocycles. The highest BCUT2D eigenvalue weighted by Crippen LogP contribution is 2.27. The SMILES string of the molecule is CCn1cc(C(=O)O)c(=O)c2cc(F)c(F)cc21.CCn1cc(C(=O)O)c(=O)c2cc(F)c(N3CCN(C(=O)OC(C)(C)C)CC3)cc21. The van der Waals surface area contributed by atoms with Crippen molar-refractivity contribution in [3.05, 3.63) is 85.7 Å². The largest absolute Gasteiger partial charge is 0.477 e. The summed E-state index contributed by atoms with van der Waals surface area (Å²) in [4.78, 5) is 62.2. The lowest BCUT2D eigenvalue weighted by Crippen LogP contribution is -2.50. The van der Waals surface area contributed by atoms with Crippen molar-refractivity contribution in [1.82, 2.24) is 14.0 Å². The van der Waals surface area contributed by atoms with Gasteiger partial charge in [0, 0.05) is 68.5 Å². The predicted octanol–water partition coefficient (Wildman–Crippen LogP) is 4.91. The number of hydrogen-bond acceptors (Lipinski definition) is 7. The van der Waals surface area contributed by atoms with Crippen LogP contribution in [0.2, 0.25) is 0 Å². The van der Waals surface area contributed by atoms with Crippen molar-refractivity contribution >= 4 is 45.5 Å². The summed E-state index contributed by atoms with van der Waals surface area (Å²) >= 11 is 0. The molecule has 0 saturated carbocycles. The van der Waals surface area contributed by atoms with Gasteiger partial charge in [-0.3, -0.25) is 9.59 Å². The van der Waals surface area contributed by atoms with Crippen molar-refractivity contribution in [2.45, 2.75) is 53.3 Å². The number of amides is 1. The maximum Gasteiger partial charge on any atom is 0.410 e. The highest BCUT2D eigenvalue weighted by Gasteiger charge is 2.27. The van der Waals surface area contributed by atoms with E-state index in [0.717, 1.165) is 24.4 Å². The van der Waals surface area contributed by atoms with Crippen LogP contribution in [0.3, 0.4) is 0 Å². The number of aromatic carboxylic acids is 2. The van der Waals surface area contributed by atoms with E-state index in [0.29, 0.717) is 50.5 Å². The normalized spacial score (nSPS) is 13.3. The number of ether oxygens (including phenoxy) is 1. The molecule has 12 nitrogen and oxygen atoms in total. The first-order chi connectivity index (χ1) is 22.5. The van der Waals surface area contributed by atoms with E-state index in [1.54, 1.807) is 43.2 Å². The fraction of sp³-hybridized carbons (Fsp3) is 0.364. The molecule has 1 saturated heterocycles. The molecule has 1 aliphatic rings. The summed E-state index contributed by atoms with van der Waals surface area (Å²) in [5.74, 6) is -5.59. The average molecular weight is 673 g/mol. The second kappa shape index (κ2) is 13.8. The Kier molecular flexibility index (Phi) is 10.2. The van der Waals surface area contributed by atoms with Gasteiger partial charge in [0.1, 0.15) is 22.5 Å².